The SMILES string of the molecule is O=C1/C(=C/c2ccc(Br)cc2)S/C(=N\N=C\c2cccc(OCc3ccccc3)c2)N1Cc1ccco1. The fourth-order valence-electron chi connectivity index (χ4n) is 3.56. The third-order valence-electron chi connectivity index (χ3n) is 5.41. The second-order valence-corrected chi connectivity index (χ2v) is 10.0. The number of amides is 1. The number of carbonyl (C=O) groups is 1. The van der Waals surface area contributed by atoms with Crippen molar-refractivity contribution in [2.75, 3.05) is 0 Å². The van der Waals surface area contributed by atoms with E-state index in [9.17, 15) is 4.79 Å². The molecule has 6 nitrogen and oxygen atoms in total. The highest BCUT2D eigenvalue weighted by Crippen LogP contribution is 2.34. The number of carbonyl (C=O) groups excluding carboxylic acids is 1. The molecule has 1 saturated heterocycles. The summed E-state index contributed by atoms with van der Waals surface area (Å²) in [6, 6.07) is 29.0. The van der Waals surface area contributed by atoms with Gasteiger partial charge in [-0.2, -0.15) is 5.10 Å². The van der Waals surface area contributed by atoms with Crippen LogP contribution in [0.2, 0.25) is 0 Å². The standard InChI is InChI=1S/C29H22BrN3O3S/c30-24-13-11-21(12-14-24)17-27-28(34)33(19-26-10-5-15-35-26)29(37-27)32-31-18-23-8-4-9-25(16-23)36-20-22-6-2-1-3-7-22/h1-18H,19-20H2/b27-17-,31-18+,32-29-. The van der Waals surface area contributed by atoms with Crippen LogP contribution in [0.25, 0.3) is 6.08 Å². The van der Waals surface area contributed by atoms with Crippen LogP contribution in [0, 0.1) is 0 Å². The predicted molar refractivity (Wildman–Crippen MR) is 151 cm³/mol. The van der Waals surface area contributed by atoms with E-state index in [-0.39, 0.29) is 12.5 Å². The molecule has 1 amide bonds. The van der Waals surface area contributed by atoms with E-state index in [0.717, 1.165) is 26.9 Å². The summed E-state index contributed by atoms with van der Waals surface area (Å²) in [5.74, 6) is 1.26. The minimum absolute atomic E-state index is 0.144. The Morgan fingerprint density at radius 1 is 0.946 bits per heavy atom. The van der Waals surface area contributed by atoms with Crippen molar-refractivity contribution in [1.29, 1.82) is 0 Å². The van der Waals surface area contributed by atoms with Gasteiger partial charge >= 0.3 is 0 Å². The van der Waals surface area contributed by atoms with Crippen molar-refractivity contribution in [2.24, 2.45) is 10.2 Å². The predicted octanol–water partition coefficient (Wildman–Crippen LogP) is 7.13. The fourth-order valence-corrected chi connectivity index (χ4v) is 4.76. The first-order chi connectivity index (χ1) is 18.1. The molecule has 0 N–H and O–H groups in total. The molecule has 37 heavy (non-hydrogen) atoms. The normalized spacial score (nSPS) is 15.8. The zero-order valence-corrected chi connectivity index (χ0v) is 22.1. The number of amidine groups is 1. The molecule has 3 aromatic carbocycles. The van der Waals surface area contributed by atoms with E-state index in [4.69, 9.17) is 9.15 Å². The molecule has 0 bridgehead atoms. The zero-order valence-electron chi connectivity index (χ0n) is 19.7. The van der Waals surface area contributed by atoms with Gasteiger partial charge in [0.15, 0.2) is 5.17 Å². The van der Waals surface area contributed by atoms with Crippen molar-refractivity contribution >= 4 is 51.1 Å². The van der Waals surface area contributed by atoms with Crippen LogP contribution in [-0.2, 0) is 17.9 Å². The maximum Gasteiger partial charge on any atom is 0.267 e. The number of rotatable bonds is 8. The fraction of sp³-hybridized carbons (Fsp3) is 0.0690. The summed E-state index contributed by atoms with van der Waals surface area (Å²) in [6.07, 6.45) is 5.09. The molecule has 0 atom stereocenters. The van der Waals surface area contributed by atoms with E-state index in [2.05, 4.69) is 26.1 Å². The highest BCUT2D eigenvalue weighted by Gasteiger charge is 2.34. The smallest absolute Gasteiger partial charge is 0.267 e. The largest absolute Gasteiger partial charge is 0.489 e. The third-order valence-corrected chi connectivity index (χ3v) is 6.93. The highest BCUT2D eigenvalue weighted by atomic mass is 79.9. The van der Waals surface area contributed by atoms with Gasteiger partial charge in [-0.1, -0.05) is 70.5 Å². The number of hydrogen-bond donors (Lipinski definition) is 0. The Balaban J connectivity index is 1.33. The number of nitrogens with zero attached hydrogens (tertiary/aromatic N) is 3. The van der Waals surface area contributed by atoms with Crippen molar-refractivity contribution < 1.29 is 13.9 Å². The van der Waals surface area contributed by atoms with E-state index < -0.39 is 0 Å². The lowest BCUT2D eigenvalue weighted by atomic mass is 10.2. The van der Waals surface area contributed by atoms with Gasteiger partial charge in [-0.3, -0.25) is 9.69 Å². The summed E-state index contributed by atoms with van der Waals surface area (Å²) in [7, 11) is 0. The lowest BCUT2D eigenvalue weighted by Gasteiger charge is -2.12. The second-order valence-electron chi connectivity index (χ2n) is 8.11. The minimum atomic E-state index is -0.144. The van der Waals surface area contributed by atoms with E-state index >= 15 is 0 Å². The molecule has 0 spiro atoms. The molecule has 5 rings (SSSR count). The van der Waals surface area contributed by atoms with Crippen molar-refractivity contribution in [3.05, 3.63) is 129 Å². The van der Waals surface area contributed by atoms with Crippen LogP contribution in [0.1, 0.15) is 22.5 Å². The van der Waals surface area contributed by atoms with Crippen LogP contribution in [0.5, 0.6) is 5.75 Å². The maximum atomic E-state index is 13.2. The molecule has 1 fully saturated rings. The quantitative estimate of drug-likeness (QED) is 0.128. The molecular formula is C29H22BrN3O3S. The zero-order chi connectivity index (χ0) is 25.5. The number of benzene rings is 3. The molecule has 8 heteroatoms. The first kappa shape index (κ1) is 24.8. The van der Waals surface area contributed by atoms with Crippen LogP contribution in [-0.4, -0.2) is 22.2 Å². The van der Waals surface area contributed by atoms with Crippen LogP contribution >= 0.6 is 27.7 Å². The molecule has 184 valence electrons. The average Bonchev–Trinajstić information content (AvgIpc) is 3.54. The summed E-state index contributed by atoms with van der Waals surface area (Å²) in [4.78, 5) is 15.4. The van der Waals surface area contributed by atoms with E-state index in [1.54, 1.807) is 23.4 Å². The lowest BCUT2D eigenvalue weighted by molar-refractivity contribution is -0.122. The first-order valence-corrected chi connectivity index (χ1v) is 13.1. The molecule has 1 aliphatic rings. The van der Waals surface area contributed by atoms with E-state index in [1.165, 1.54) is 11.8 Å². The van der Waals surface area contributed by atoms with Crippen molar-refractivity contribution in [3.63, 3.8) is 0 Å². The Morgan fingerprint density at radius 3 is 2.57 bits per heavy atom. The van der Waals surface area contributed by atoms with Crippen molar-refractivity contribution in [3.8, 4) is 5.75 Å². The molecule has 0 aliphatic carbocycles. The first-order valence-electron chi connectivity index (χ1n) is 11.5. The average molecular weight is 572 g/mol. The maximum absolute atomic E-state index is 13.2. The Hall–Kier alpha value is -3.88. The Kier molecular flexibility index (Phi) is 7.98. The molecule has 0 saturated carbocycles. The summed E-state index contributed by atoms with van der Waals surface area (Å²) in [5.41, 5.74) is 2.86. The number of hydrogen-bond acceptors (Lipinski definition) is 6. The van der Waals surface area contributed by atoms with Gasteiger partial charge in [-0.15, -0.1) is 5.10 Å². The Bertz CT molecular complexity index is 1450. The molecule has 1 aliphatic heterocycles. The lowest BCUT2D eigenvalue weighted by Crippen LogP contribution is -2.28. The summed E-state index contributed by atoms with van der Waals surface area (Å²) >= 11 is 4.73. The molecule has 0 radical (unpaired) electrons. The Labute approximate surface area is 227 Å². The van der Waals surface area contributed by atoms with Crippen LogP contribution in [0.3, 0.4) is 0 Å². The van der Waals surface area contributed by atoms with Crippen LogP contribution in [0.4, 0.5) is 0 Å². The number of ether oxygens (including phenoxy) is 1. The van der Waals surface area contributed by atoms with Gasteiger partial charge in [-0.25, -0.2) is 0 Å². The third kappa shape index (κ3) is 6.67. The minimum Gasteiger partial charge on any atom is -0.489 e. The molecule has 2 heterocycles. The number of thioether (sulfide) groups is 1. The number of halogens is 1. The van der Waals surface area contributed by atoms with Gasteiger partial charge in [0.1, 0.15) is 18.1 Å². The Morgan fingerprint density at radius 2 is 1.78 bits per heavy atom. The van der Waals surface area contributed by atoms with Gasteiger partial charge < -0.3 is 9.15 Å². The molecule has 0 unspecified atom stereocenters. The van der Waals surface area contributed by atoms with Crippen molar-refractivity contribution in [1.82, 2.24) is 4.90 Å². The topological polar surface area (TPSA) is 67.4 Å². The van der Waals surface area contributed by atoms with E-state index in [0.29, 0.717) is 22.4 Å². The summed E-state index contributed by atoms with van der Waals surface area (Å²) < 4.78 is 12.3. The van der Waals surface area contributed by atoms with Gasteiger partial charge in [0.05, 0.1) is 23.9 Å². The molecule has 1 aromatic heterocycles. The van der Waals surface area contributed by atoms with Crippen LogP contribution < -0.4 is 4.74 Å². The highest BCUT2D eigenvalue weighted by molar-refractivity contribution is 9.10. The summed E-state index contributed by atoms with van der Waals surface area (Å²) in [6.45, 7) is 0.755. The molecular weight excluding hydrogens is 550 g/mol. The molecule has 4 aromatic rings. The summed E-state index contributed by atoms with van der Waals surface area (Å²) in [5, 5.41) is 9.15. The number of furan rings is 1. The second kappa shape index (κ2) is 11.9. The monoisotopic (exact) mass is 571 g/mol. The van der Waals surface area contributed by atoms with Crippen molar-refractivity contribution in [2.45, 2.75) is 13.2 Å². The van der Waals surface area contributed by atoms with Gasteiger partial charge in [0.2, 0.25) is 0 Å². The van der Waals surface area contributed by atoms with Gasteiger partial charge in [0, 0.05) is 4.47 Å². The van der Waals surface area contributed by atoms with Gasteiger partial charge in [0.25, 0.3) is 5.91 Å². The van der Waals surface area contributed by atoms with Gasteiger partial charge in [-0.05, 0) is 70.9 Å². The van der Waals surface area contributed by atoms with Crippen LogP contribution in [0.15, 0.2) is 121 Å². The van der Waals surface area contributed by atoms with E-state index in [1.807, 2.05) is 91.0 Å².